The molecule has 1 aromatic heterocycles. The number of aryl methyl sites for hydroxylation is 1. The van der Waals surface area contributed by atoms with E-state index in [1.165, 1.54) is 16.8 Å². The molecule has 0 saturated heterocycles. The molecule has 4 nitrogen and oxygen atoms in total. The highest BCUT2D eigenvalue weighted by Crippen LogP contribution is 2.56. The van der Waals surface area contributed by atoms with Gasteiger partial charge in [-0.2, -0.15) is 5.10 Å². The third-order valence-corrected chi connectivity index (χ3v) is 4.80. The maximum Gasteiger partial charge on any atom is 0.232 e. The molecule has 1 heterocycles. The number of carbonyl (C=O) groups is 1. The predicted molar refractivity (Wildman–Crippen MR) is 94.5 cm³/mol. The quantitative estimate of drug-likeness (QED) is 0.748. The first-order chi connectivity index (χ1) is 12.9. The first-order valence-corrected chi connectivity index (χ1v) is 8.43. The van der Waals surface area contributed by atoms with Crippen LogP contribution in [0.25, 0.3) is 11.3 Å². The lowest BCUT2D eigenvalue weighted by molar-refractivity contribution is -0.118. The Morgan fingerprint density at radius 2 is 1.93 bits per heavy atom. The van der Waals surface area contributed by atoms with E-state index in [1.54, 1.807) is 37.4 Å². The van der Waals surface area contributed by atoms with Crippen LogP contribution < -0.4 is 5.32 Å². The second kappa shape index (κ2) is 6.26. The van der Waals surface area contributed by atoms with E-state index in [2.05, 4.69) is 10.4 Å². The van der Waals surface area contributed by atoms with E-state index >= 15 is 0 Å². The second-order valence-electron chi connectivity index (χ2n) is 6.64. The molecular formula is C20H16F3N3O. The van der Waals surface area contributed by atoms with Gasteiger partial charge in [-0.15, -0.1) is 0 Å². The molecule has 1 amide bonds. The Balaban J connectivity index is 1.52. The van der Waals surface area contributed by atoms with Crippen molar-refractivity contribution in [1.29, 1.82) is 0 Å². The molecule has 1 fully saturated rings. The lowest BCUT2D eigenvalue weighted by Gasteiger charge is -2.09. The van der Waals surface area contributed by atoms with Gasteiger partial charge in [0.1, 0.15) is 23.1 Å². The number of benzene rings is 2. The van der Waals surface area contributed by atoms with E-state index in [1.807, 2.05) is 0 Å². The predicted octanol–water partition coefficient (Wildman–Crippen LogP) is 4.19. The molecular weight excluding hydrogens is 355 g/mol. The molecule has 1 aliphatic carbocycles. The summed E-state index contributed by atoms with van der Waals surface area (Å²) in [7, 11) is 1.58. The summed E-state index contributed by atoms with van der Waals surface area (Å²) in [5.74, 6) is -2.38. The summed E-state index contributed by atoms with van der Waals surface area (Å²) >= 11 is 0. The van der Waals surface area contributed by atoms with Crippen LogP contribution in [0.1, 0.15) is 12.0 Å². The zero-order chi connectivity index (χ0) is 19.2. The Kier molecular flexibility index (Phi) is 4.02. The van der Waals surface area contributed by atoms with Crippen molar-refractivity contribution in [3.05, 3.63) is 71.8 Å². The SMILES string of the molecule is Cn1nc(-c2ccc(F)cc2F)cc1NC(=O)C1CC1(F)c1ccccc1. The topological polar surface area (TPSA) is 46.9 Å². The Labute approximate surface area is 153 Å². The number of rotatable bonds is 4. The molecule has 138 valence electrons. The summed E-state index contributed by atoms with van der Waals surface area (Å²) in [5.41, 5.74) is -0.835. The van der Waals surface area contributed by atoms with Crippen LogP contribution in [-0.2, 0) is 17.5 Å². The van der Waals surface area contributed by atoms with Crippen molar-refractivity contribution < 1.29 is 18.0 Å². The fourth-order valence-electron chi connectivity index (χ4n) is 3.20. The van der Waals surface area contributed by atoms with E-state index in [0.717, 1.165) is 12.1 Å². The monoisotopic (exact) mass is 371 g/mol. The third kappa shape index (κ3) is 3.09. The van der Waals surface area contributed by atoms with Crippen LogP contribution in [0.4, 0.5) is 19.0 Å². The average Bonchev–Trinajstić information content (AvgIpc) is 3.22. The largest absolute Gasteiger partial charge is 0.311 e. The lowest BCUT2D eigenvalue weighted by atomic mass is 10.1. The van der Waals surface area contributed by atoms with Crippen LogP contribution in [-0.4, -0.2) is 15.7 Å². The number of hydrogen-bond acceptors (Lipinski definition) is 2. The van der Waals surface area contributed by atoms with Gasteiger partial charge in [0.15, 0.2) is 0 Å². The zero-order valence-electron chi connectivity index (χ0n) is 14.4. The fourth-order valence-corrected chi connectivity index (χ4v) is 3.20. The number of carbonyl (C=O) groups excluding carboxylic acids is 1. The van der Waals surface area contributed by atoms with Gasteiger partial charge in [-0.3, -0.25) is 9.48 Å². The van der Waals surface area contributed by atoms with Gasteiger partial charge in [0, 0.05) is 31.2 Å². The highest BCUT2D eigenvalue weighted by molar-refractivity contribution is 5.95. The molecule has 0 bridgehead atoms. The van der Waals surface area contributed by atoms with Gasteiger partial charge in [-0.25, -0.2) is 13.2 Å². The van der Waals surface area contributed by atoms with Gasteiger partial charge in [0.25, 0.3) is 0 Å². The van der Waals surface area contributed by atoms with Gasteiger partial charge in [-0.05, 0) is 17.7 Å². The molecule has 2 aromatic carbocycles. The maximum absolute atomic E-state index is 14.9. The minimum Gasteiger partial charge on any atom is -0.311 e. The minimum absolute atomic E-state index is 0.111. The first-order valence-electron chi connectivity index (χ1n) is 8.43. The molecule has 0 aliphatic heterocycles. The summed E-state index contributed by atoms with van der Waals surface area (Å²) in [6.45, 7) is 0. The number of nitrogens with one attached hydrogen (secondary N) is 1. The van der Waals surface area contributed by atoms with Crippen molar-refractivity contribution in [2.45, 2.75) is 12.1 Å². The van der Waals surface area contributed by atoms with Crippen LogP contribution in [0.15, 0.2) is 54.6 Å². The zero-order valence-corrected chi connectivity index (χ0v) is 14.4. The highest BCUT2D eigenvalue weighted by Gasteiger charge is 2.60. The number of amides is 1. The number of aromatic nitrogens is 2. The van der Waals surface area contributed by atoms with E-state index < -0.39 is 29.1 Å². The van der Waals surface area contributed by atoms with Crippen molar-refractivity contribution in [2.75, 3.05) is 5.32 Å². The van der Waals surface area contributed by atoms with Gasteiger partial charge >= 0.3 is 0 Å². The first kappa shape index (κ1) is 17.3. The number of anilines is 1. The number of halogens is 3. The molecule has 2 atom stereocenters. The van der Waals surface area contributed by atoms with Crippen molar-refractivity contribution >= 4 is 11.7 Å². The molecule has 2 unspecified atom stereocenters. The molecule has 1 N–H and O–H groups in total. The summed E-state index contributed by atoms with van der Waals surface area (Å²) in [5, 5.41) is 6.79. The molecule has 1 aliphatic rings. The Hall–Kier alpha value is -3.09. The van der Waals surface area contributed by atoms with E-state index in [4.69, 9.17) is 0 Å². The summed E-state index contributed by atoms with van der Waals surface area (Å²) < 4.78 is 43.3. The Morgan fingerprint density at radius 1 is 1.19 bits per heavy atom. The van der Waals surface area contributed by atoms with Crippen LogP contribution in [0.2, 0.25) is 0 Å². The van der Waals surface area contributed by atoms with Gasteiger partial charge in [-0.1, -0.05) is 30.3 Å². The van der Waals surface area contributed by atoms with Crippen molar-refractivity contribution in [1.82, 2.24) is 9.78 Å². The van der Waals surface area contributed by atoms with E-state index in [9.17, 15) is 18.0 Å². The van der Waals surface area contributed by atoms with Gasteiger partial charge < -0.3 is 5.32 Å². The molecule has 27 heavy (non-hydrogen) atoms. The molecule has 0 radical (unpaired) electrons. The smallest absolute Gasteiger partial charge is 0.232 e. The number of alkyl halides is 1. The van der Waals surface area contributed by atoms with Crippen LogP contribution >= 0.6 is 0 Å². The second-order valence-corrected chi connectivity index (χ2v) is 6.64. The highest BCUT2D eigenvalue weighted by atomic mass is 19.1. The van der Waals surface area contributed by atoms with Gasteiger partial charge in [0.2, 0.25) is 5.91 Å². The maximum atomic E-state index is 14.9. The number of hydrogen-bond donors (Lipinski definition) is 1. The average molecular weight is 371 g/mol. The third-order valence-electron chi connectivity index (χ3n) is 4.80. The molecule has 1 saturated carbocycles. The Morgan fingerprint density at radius 3 is 2.63 bits per heavy atom. The van der Waals surface area contributed by atoms with Crippen molar-refractivity contribution in [2.24, 2.45) is 13.0 Å². The molecule has 7 heteroatoms. The van der Waals surface area contributed by atoms with Crippen LogP contribution in [0.3, 0.4) is 0 Å². The van der Waals surface area contributed by atoms with Gasteiger partial charge in [0.05, 0.1) is 11.6 Å². The fraction of sp³-hybridized carbons (Fsp3) is 0.200. The van der Waals surface area contributed by atoms with Crippen LogP contribution in [0.5, 0.6) is 0 Å². The van der Waals surface area contributed by atoms with E-state index in [0.29, 0.717) is 11.4 Å². The molecule has 4 rings (SSSR count). The summed E-state index contributed by atoms with van der Waals surface area (Å²) in [6, 6.07) is 13.2. The summed E-state index contributed by atoms with van der Waals surface area (Å²) in [4.78, 5) is 12.5. The standard InChI is InChI=1S/C20H16F3N3O/c1-26-18(10-17(25-26)14-8-7-13(21)9-16(14)22)24-19(27)15-11-20(15,23)12-5-3-2-4-6-12/h2-10,15H,11H2,1H3,(H,24,27). The van der Waals surface area contributed by atoms with Crippen LogP contribution in [0, 0.1) is 17.6 Å². The molecule has 3 aromatic rings. The number of nitrogens with zero attached hydrogens (tertiary/aromatic N) is 2. The normalized spacial score (nSPS) is 21.1. The van der Waals surface area contributed by atoms with Crippen molar-refractivity contribution in [3.63, 3.8) is 0 Å². The summed E-state index contributed by atoms with van der Waals surface area (Å²) in [6.07, 6.45) is 0.111. The minimum atomic E-state index is -1.67. The lowest BCUT2D eigenvalue weighted by Crippen LogP contribution is -2.20. The van der Waals surface area contributed by atoms with E-state index in [-0.39, 0.29) is 17.7 Å². The Bertz CT molecular complexity index is 1020. The van der Waals surface area contributed by atoms with Crippen molar-refractivity contribution in [3.8, 4) is 11.3 Å². The molecule has 0 spiro atoms.